The highest BCUT2D eigenvalue weighted by Gasteiger charge is 2.43. The molecule has 0 saturated carbocycles. The number of urea groups is 1. The van der Waals surface area contributed by atoms with Crippen LogP contribution in [-0.2, 0) is 14.4 Å². The summed E-state index contributed by atoms with van der Waals surface area (Å²) in [6.07, 6.45) is 0.971. The van der Waals surface area contributed by atoms with Gasteiger partial charge < -0.3 is 11.1 Å². The fraction of sp³-hybridized carbons (Fsp3) is 0.333. The fourth-order valence-corrected chi connectivity index (χ4v) is 5.52. The van der Waals surface area contributed by atoms with E-state index in [1.54, 1.807) is 24.3 Å². The second-order valence-corrected chi connectivity index (χ2v) is 11.9. The Bertz CT molecular complexity index is 1420. The average Bonchev–Trinajstić information content (AvgIpc) is 3.05. The lowest BCUT2D eigenvalue weighted by molar-refractivity contribution is -0.145. The van der Waals surface area contributed by atoms with Crippen LogP contribution in [0, 0.1) is 5.41 Å². The van der Waals surface area contributed by atoms with Gasteiger partial charge in [-0.2, -0.15) is 0 Å². The number of carbonyl (C=O) groups excluding carboxylic acids is 4. The summed E-state index contributed by atoms with van der Waals surface area (Å²) in [5, 5.41) is 4.11. The van der Waals surface area contributed by atoms with Crippen molar-refractivity contribution in [3.63, 3.8) is 0 Å². The van der Waals surface area contributed by atoms with E-state index in [1.165, 1.54) is 16.8 Å². The van der Waals surface area contributed by atoms with Crippen LogP contribution in [-0.4, -0.2) is 34.8 Å². The van der Waals surface area contributed by atoms with Crippen molar-refractivity contribution in [2.75, 3.05) is 10.2 Å². The van der Waals surface area contributed by atoms with Gasteiger partial charge >= 0.3 is 6.03 Å². The van der Waals surface area contributed by atoms with Gasteiger partial charge in [0.25, 0.3) is 5.91 Å². The number of primary amides is 1. The van der Waals surface area contributed by atoms with Crippen molar-refractivity contribution >= 4 is 35.1 Å². The van der Waals surface area contributed by atoms with Crippen LogP contribution in [0.25, 0.3) is 0 Å². The van der Waals surface area contributed by atoms with E-state index < -0.39 is 24.0 Å². The topological polar surface area (TPSA) is 125 Å². The van der Waals surface area contributed by atoms with E-state index in [-0.39, 0.29) is 36.0 Å². The predicted octanol–water partition coefficient (Wildman–Crippen LogP) is 5.51. The van der Waals surface area contributed by atoms with Crippen LogP contribution in [0.3, 0.4) is 0 Å². The quantitative estimate of drug-likeness (QED) is 0.347. The van der Waals surface area contributed by atoms with Gasteiger partial charge in [0.15, 0.2) is 0 Å². The molecule has 3 aromatic carbocycles. The molecule has 3 atom stereocenters. The lowest BCUT2D eigenvalue weighted by Crippen LogP contribution is -2.57. The molecule has 42 heavy (non-hydrogen) atoms. The summed E-state index contributed by atoms with van der Waals surface area (Å²) in [6.45, 7) is 7.25. The summed E-state index contributed by atoms with van der Waals surface area (Å²) in [5.41, 5.74) is 11.3. The Kier molecular flexibility index (Phi) is 9.30. The molecule has 0 bridgehead atoms. The van der Waals surface area contributed by atoms with Gasteiger partial charge in [0, 0.05) is 24.7 Å². The molecule has 3 aromatic rings. The summed E-state index contributed by atoms with van der Waals surface area (Å²) >= 11 is 0. The number of nitrogens with two attached hydrogens (primary N) is 1. The number of rotatable bonds is 7. The van der Waals surface area contributed by atoms with Crippen LogP contribution in [0.1, 0.15) is 70.0 Å². The third-order valence-electron chi connectivity index (χ3n) is 7.23. The lowest BCUT2D eigenvalue weighted by atomic mass is 9.86. The largest absolute Gasteiger partial charge is 0.351 e. The number of nitrogens with one attached hydrogen (secondary N) is 2. The van der Waals surface area contributed by atoms with E-state index in [2.05, 4.69) is 10.7 Å². The first-order valence-electron chi connectivity index (χ1n) is 14.1. The smallest absolute Gasteiger partial charge is 0.320 e. The molecule has 0 aliphatic carbocycles. The zero-order valence-corrected chi connectivity index (χ0v) is 24.5. The minimum absolute atomic E-state index is 0.157. The molecule has 9 nitrogen and oxygen atoms in total. The third-order valence-corrected chi connectivity index (χ3v) is 7.23. The number of amides is 5. The van der Waals surface area contributed by atoms with Gasteiger partial charge in [-0.1, -0.05) is 87.5 Å². The van der Waals surface area contributed by atoms with Crippen LogP contribution in [0.4, 0.5) is 16.2 Å². The van der Waals surface area contributed by atoms with Crippen LogP contribution in [0.15, 0.2) is 84.9 Å². The highest BCUT2D eigenvalue weighted by atomic mass is 16.2. The molecule has 4 N–H and O–H groups in total. The molecule has 1 aliphatic rings. The molecule has 3 unspecified atom stereocenters. The highest BCUT2D eigenvalue weighted by molar-refractivity contribution is 6.00. The zero-order valence-electron chi connectivity index (χ0n) is 24.5. The lowest BCUT2D eigenvalue weighted by Gasteiger charge is -2.35. The Hall–Kier alpha value is -4.66. The molecule has 1 heterocycles. The standard InChI is InChI=1S/C33H39N5O4/c1-22(39)35-26-16-11-17-27(20-26)37(32(34)42)29-19-25(23-12-7-5-8-13-23)18-28(24-14-9-6-10-15-24)38(31(29)41)36-30(40)21-33(2,3)4/h5-17,20,25,28-29H,18-19,21H2,1-4H3,(H2,34,42)(H,35,39)(H,36,40). The van der Waals surface area contributed by atoms with Crippen molar-refractivity contribution in [2.45, 2.75) is 65.0 Å². The summed E-state index contributed by atoms with van der Waals surface area (Å²) < 4.78 is 0. The molecule has 1 saturated heterocycles. The van der Waals surface area contributed by atoms with E-state index in [1.807, 2.05) is 81.4 Å². The van der Waals surface area contributed by atoms with E-state index in [9.17, 15) is 19.2 Å². The van der Waals surface area contributed by atoms with E-state index in [4.69, 9.17) is 5.73 Å². The second kappa shape index (κ2) is 12.9. The Morgan fingerprint density at radius 3 is 2.10 bits per heavy atom. The first-order chi connectivity index (χ1) is 19.9. The van der Waals surface area contributed by atoms with Crippen molar-refractivity contribution in [1.82, 2.24) is 10.4 Å². The normalized spacial score (nSPS) is 19.0. The zero-order chi connectivity index (χ0) is 30.4. The Morgan fingerprint density at radius 1 is 0.905 bits per heavy atom. The molecule has 0 spiro atoms. The maximum Gasteiger partial charge on any atom is 0.320 e. The van der Waals surface area contributed by atoms with E-state index >= 15 is 0 Å². The molecular formula is C33H39N5O4. The summed E-state index contributed by atoms with van der Waals surface area (Å²) in [7, 11) is 0. The maximum absolute atomic E-state index is 14.6. The first kappa shape index (κ1) is 30.3. The molecule has 220 valence electrons. The summed E-state index contributed by atoms with van der Waals surface area (Å²) in [5.74, 6) is -1.18. The molecule has 5 amide bonds. The number of benzene rings is 3. The number of nitrogens with zero attached hydrogens (tertiary/aromatic N) is 2. The van der Waals surface area contributed by atoms with Gasteiger partial charge in [-0.15, -0.1) is 0 Å². The minimum atomic E-state index is -1.04. The second-order valence-electron chi connectivity index (χ2n) is 11.9. The van der Waals surface area contributed by atoms with Crippen LogP contribution < -0.4 is 21.4 Å². The van der Waals surface area contributed by atoms with Crippen LogP contribution in [0.2, 0.25) is 0 Å². The molecule has 1 fully saturated rings. The SMILES string of the molecule is CC(=O)Nc1cccc(N(C(N)=O)C2CC(c3ccccc3)CC(c3ccccc3)N(NC(=O)CC(C)(C)C)C2=O)c1. The average molecular weight is 570 g/mol. The minimum Gasteiger partial charge on any atom is -0.351 e. The number of carbonyl (C=O) groups is 4. The Balaban J connectivity index is 1.85. The Morgan fingerprint density at radius 2 is 1.52 bits per heavy atom. The molecule has 0 radical (unpaired) electrons. The van der Waals surface area contributed by atoms with Crippen LogP contribution >= 0.6 is 0 Å². The number of hydrazine groups is 1. The molecule has 9 heteroatoms. The van der Waals surface area contributed by atoms with Crippen molar-refractivity contribution in [3.8, 4) is 0 Å². The monoisotopic (exact) mass is 569 g/mol. The third kappa shape index (κ3) is 7.54. The van der Waals surface area contributed by atoms with Gasteiger partial charge in [0.05, 0.1) is 6.04 Å². The van der Waals surface area contributed by atoms with Crippen molar-refractivity contribution < 1.29 is 19.2 Å². The Labute approximate surface area is 247 Å². The van der Waals surface area contributed by atoms with Crippen LogP contribution in [0.5, 0.6) is 0 Å². The summed E-state index contributed by atoms with van der Waals surface area (Å²) in [6, 6.07) is 23.7. The van der Waals surface area contributed by atoms with Crippen molar-refractivity contribution in [1.29, 1.82) is 0 Å². The number of anilines is 2. The number of hydrogen-bond donors (Lipinski definition) is 3. The van der Waals surface area contributed by atoms with E-state index in [0.717, 1.165) is 11.1 Å². The van der Waals surface area contributed by atoms with Gasteiger partial charge in [0.1, 0.15) is 6.04 Å². The van der Waals surface area contributed by atoms with Crippen molar-refractivity contribution in [3.05, 3.63) is 96.1 Å². The predicted molar refractivity (Wildman–Crippen MR) is 163 cm³/mol. The number of hydrogen-bond acceptors (Lipinski definition) is 4. The molecule has 0 aromatic heterocycles. The van der Waals surface area contributed by atoms with Gasteiger partial charge in [0.2, 0.25) is 11.8 Å². The molecular weight excluding hydrogens is 530 g/mol. The first-order valence-corrected chi connectivity index (χ1v) is 14.1. The fourth-order valence-electron chi connectivity index (χ4n) is 5.52. The van der Waals surface area contributed by atoms with Gasteiger partial charge in [-0.3, -0.25) is 24.7 Å². The maximum atomic E-state index is 14.6. The molecule has 4 rings (SSSR count). The highest BCUT2D eigenvalue weighted by Crippen LogP contribution is 2.40. The van der Waals surface area contributed by atoms with E-state index in [0.29, 0.717) is 17.8 Å². The molecule has 1 aliphatic heterocycles. The van der Waals surface area contributed by atoms with Gasteiger partial charge in [-0.05, 0) is 53.5 Å². The summed E-state index contributed by atoms with van der Waals surface area (Å²) in [4.78, 5) is 54.0. The van der Waals surface area contributed by atoms with Crippen molar-refractivity contribution in [2.24, 2.45) is 11.1 Å². The van der Waals surface area contributed by atoms with Gasteiger partial charge in [-0.25, -0.2) is 9.80 Å².